The van der Waals surface area contributed by atoms with Gasteiger partial charge in [-0.25, -0.2) is 17.9 Å². The summed E-state index contributed by atoms with van der Waals surface area (Å²) < 4.78 is 46.2. The van der Waals surface area contributed by atoms with Crippen molar-refractivity contribution in [2.45, 2.75) is 6.92 Å². The third-order valence-corrected chi connectivity index (χ3v) is 3.42. The molecule has 0 aliphatic carbocycles. The zero-order chi connectivity index (χ0) is 20.0. The van der Waals surface area contributed by atoms with Gasteiger partial charge in [-0.15, -0.1) is 5.10 Å². The molecule has 0 aliphatic heterocycles. The molecule has 0 fully saturated rings. The Labute approximate surface area is 153 Å². The number of hydrogen-bond acceptors (Lipinski definition) is 5. The summed E-state index contributed by atoms with van der Waals surface area (Å²) in [6.45, 7) is 1.70. The summed E-state index contributed by atoms with van der Waals surface area (Å²) in [5.74, 6) is -4.45. The average Bonchev–Trinajstić information content (AvgIpc) is 3.12. The number of ether oxygens (including phenoxy) is 1. The van der Waals surface area contributed by atoms with E-state index in [9.17, 15) is 18.0 Å². The number of amides is 1. The van der Waals surface area contributed by atoms with Crippen molar-refractivity contribution >= 4 is 11.6 Å². The van der Waals surface area contributed by atoms with Gasteiger partial charge in [0, 0.05) is 31.4 Å². The average molecular weight is 382 g/mol. The lowest BCUT2D eigenvalue weighted by molar-refractivity contribution is -0.114. The van der Waals surface area contributed by atoms with Crippen LogP contribution < -0.4 is 10.1 Å². The second kappa shape index (κ2) is 8.88. The highest BCUT2D eigenvalue weighted by Crippen LogP contribution is 2.18. The van der Waals surface area contributed by atoms with Crippen LogP contribution in [0.4, 0.5) is 13.2 Å². The van der Waals surface area contributed by atoms with E-state index in [0.29, 0.717) is 5.57 Å². The largest absolute Gasteiger partial charge is 0.472 e. The van der Waals surface area contributed by atoms with Crippen LogP contribution >= 0.6 is 0 Å². The number of carbonyl (C=O) groups excluding carboxylic acids is 1. The predicted octanol–water partition coefficient (Wildman–Crippen LogP) is 2.36. The van der Waals surface area contributed by atoms with E-state index in [1.807, 2.05) is 0 Å². The Balaban J connectivity index is 2.08. The van der Waals surface area contributed by atoms with E-state index in [2.05, 4.69) is 20.4 Å². The standard InChI is InChI=1S/C17H17F3N4O3/c1-10(16(23-26-3)17(25)21-2)5-7-27-14-4-6-24(22-14)11-8-12(18)15(20)13(19)9-11/h4-6,8-9H,7H2,1-3H3,(H,21,25). The van der Waals surface area contributed by atoms with Crippen LogP contribution in [0.5, 0.6) is 5.88 Å². The van der Waals surface area contributed by atoms with Gasteiger partial charge >= 0.3 is 0 Å². The zero-order valence-corrected chi connectivity index (χ0v) is 14.8. The Bertz CT molecular complexity index is 870. The summed E-state index contributed by atoms with van der Waals surface area (Å²) >= 11 is 0. The minimum atomic E-state index is -1.55. The molecule has 27 heavy (non-hydrogen) atoms. The van der Waals surface area contributed by atoms with E-state index in [-0.39, 0.29) is 23.9 Å². The van der Waals surface area contributed by atoms with Crippen molar-refractivity contribution in [3.8, 4) is 11.6 Å². The molecule has 0 saturated heterocycles. The molecule has 2 rings (SSSR count). The second-order valence-corrected chi connectivity index (χ2v) is 5.22. The molecule has 1 N–H and O–H groups in total. The molecule has 1 aromatic carbocycles. The summed E-state index contributed by atoms with van der Waals surface area (Å²) in [5, 5.41) is 10.1. The lowest BCUT2D eigenvalue weighted by Crippen LogP contribution is -2.28. The first-order valence-electron chi connectivity index (χ1n) is 7.71. The molecule has 1 heterocycles. The summed E-state index contributed by atoms with van der Waals surface area (Å²) in [6, 6.07) is 3.09. The summed E-state index contributed by atoms with van der Waals surface area (Å²) in [4.78, 5) is 16.3. The minimum Gasteiger partial charge on any atom is -0.472 e. The van der Waals surface area contributed by atoms with Crippen LogP contribution in [0.3, 0.4) is 0 Å². The molecule has 0 bridgehead atoms. The Morgan fingerprint density at radius 2 is 2.00 bits per heavy atom. The third kappa shape index (κ3) is 4.87. The van der Waals surface area contributed by atoms with Crippen molar-refractivity contribution in [2.75, 3.05) is 20.8 Å². The molecule has 0 unspecified atom stereocenters. The number of carbonyl (C=O) groups is 1. The van der Waals surface area contributed by atoms with Crippen LogP contribution in [0.25, 0.3) is 5.69 Å². The molecule has 0 saturated carbocycles. The summed E-state index contributed by atoms with van der Waals surface area (Å²) in [5.41, 5.74) is 0.604. The fraction of sp³-hybridized carbons (Fsp3) is 0.235. The first kappa shape index (κ1) is 20.0. The van der Waals surface area contributed by atoms with Crippen molar-refractivity contribution in [2.24, 2.45) is 5.16 Å². The van der Waals surface area contributed by atoms with Crippen molar-refractivity contribution in [1.29, 1.82) is 0 Å². The molecular weight excluding hydrogens is 365 g/mol. The molecule has 0 spiro atoms. The number of oxime groups is 1. The van der Waals surface area contributed by atoms with Crippen LogP contribution in [-0.4, -0.2) is 42.2 Å². The van der Waals surface area contributed by atoms with Gasteiger partial charge in [-0.2, -0.15) is 0 Å². The van der Waals surface area contributed by atoms with Gasteiger partial charge in [-0.1, -0.05) is 5.16 Å². The van der Waals surface area contributed by atoms with Crippen LogP contribution in [0.15, 0.2) is 41.2 Å². The third-order valence-electron chi connectivity index (χ3n) is 3.42. The molecule has 0 atom stereocenters. The summed E-state index contributed by atoms with van der Waals surface area (Å²) in [7, 11) is 2.78. The molecule has 144 valence electrons. The van der Waals surface area contributed by atoms with E-state index < -0.39 is 23.4 Å². The first-order valence-corrected chi connectivity index (χ1v) is 7.71. The highest BCUT2D eigenvalue weighted by atomic mass is 19.2. The van der Waals surface area contributed by atoms with E-state index in [0.717, 1.165) is 16.8 Å². The van der Waals surface area contributed by atoms with Crippen LogP contribution in [0.2, 0.25) is 0 Å². The maximum absolute atomic E-state index is 13.3. The second-order valence-electron chi connectivity index (χ2n) is 5.22. The molecule has 0 aliphatic rings. The number of hydrogen-bond donors (Lipinski definition) is 1. The highest BCUT2D eigenvalue weighted by Gasteiger charge is 2.14. The number of benzene rings is 1. The molecule has 7 nitrogen and oxygen atoms in total. The van der Waals surface area contributed by atoms with Gasteiger partial charge in [0.05, 0.1) is 5.69 Å². The number of aromatic nitrogens is 2. The lowest BCUT2D eigenvalue weighted by Gasteiger charge is -2.05. The van der Waals surface area contributed by atoms with Gasteiger partial charge in [0.25, 0.3) is 5.91 Å². The summed E-state index contributed by atoms with van der Waals surface area (Å²) in [6.07, 6.45) is 2.99. The number of halogens is 3. The van der Waals surface area contributed by atoms with Gasteiger partial charge in [-0.05, 0) is 18.6 Å². The van der Waals surface area contributed by atoms with E-state index in [1.54, 1.807) is 13.0 Å². The SMILES string of the molecule is CNC(=O)C(=NOC)C(C)=CCOc1ccn(-c2cc(F)c(F)c(F)c2)n1. The van der Waals surface area contributed by atoms with Gasteiger partial charge in [0.1, 0.15) is 13.7 Å². The maximum atomic E-state index is 13.3. The van der Waals surface area contributed by atoms with E-state index >= 15 is 0 Å². The number of rotatable bonds is 7. The molecule has 2 aromatic rings. The fourth-order valence-corrected chi connectivity index (χ4v) is 2.05. The Morgan fingerprint density at radius 1 is 1.33 bits per heavy atom. The molecule has 10 heteroatoms. The Hall–Kier alpha value is -3.30. The monoisotopic (exact) mass is 382 g/mol. The van der Waals surface area contributed by atoms with Crippen LogP contribution in [-0.2, 0) is 9.63 Å². The fourth-order valence-electron chi connectivity index (χ4n) is 2.05. The van der Waals surface area contributed by atoms with Crippen LogP contribution in [0.1, 0.15) is 6.92 Å². The Kier molecular flexibility index (Phi) is 6.58. The predicted molar refractivity (Wildman–Crippen MR) is 91.2 cm³/mol. The molecular formula is C17H17F3N4O3. The van der Waals surface area contributed by atoms with Crippen molar-refractivity contribution < 1.29 is 27.5 Å². The zero-order valence-electron chi connectivity index (χ0n) is 14.8. The van der Waals surface area contributed by atoms with Gasteiger partial charge in [-0.3, -0.25) is 4.79 Å². The van der Waals surface area contributed by atoms with E-state index in [1.165, 1.54) is 26.4 Å². The number of nitrogens with zero attached hydrogens (tertiary/aromatic N) is 3. The van der Waals surface area contributed by atoms with Crippen molar-refractivity contribution in [3.63, 3.8) is 0 Å². The highest BCUT2D eigenvalue weighted by molar-refractivity contribution is 6.44. The number of nitrogens with one attached hydrogen (secondary N) is 1. The van der Waals surface area contributed by atoms with Gasteiger partial charge < -0.3 is 14.9 Å². The first-order chi connectivity index (χ1) is 12.9. The van der Waals surface area contributed by atoms with Crippen molar-refractivity contribution in [1.82, 2.24) is 15.1 Å². The van der Waals surface area contributed by atoms with Gasteiger partial charge in [0.2, 0.25) is 5.88 Å². The van der Waals surface area contributed by atoms with Gasteiger partial charge in [0.15, 0.2) is 23.2 Å². The van der Waals surface area contributed by atoms with Crippen LogP contribution in [0, 0.1) is 17.5 Å². The molecule has 0 radical (unpaired) electrons. The van der Waals surface area contributed by atoms with Crippen molar-refractivity contribution in [3.05, 3.63) is 53.5 Å². The quantitative estimate of drug-likeness (QED) is 0.453. The minimum absolute atomic E-state index is 0.00195. The molecule has 1 aromatic heterocycles. The normalized spacial score (nSPS) is 12.1. The Morgan fingerprint density at radius 3 is 2.59 bits per heavy atom. The smallest absolute Gasteiger partial charge is 0.273 e. The maximum Gasteiger partial charge on any atom is 0.273 e. The van der Waals surface area contributed by atoms with E-state index in [4.69, 9.17) is 4.74 Å². The topological polar surface area (TPSA) is 77.7 Å². The lowest BCUT2D eigenvalue weighted by atomic mass is 10.1. The molecule has 1 amide bonds.